The molecule has 1 radical (unpaired) electrons. The molecule has 125 valence electrons. The average Bonchev–Trinajstić information content (AvgIpc) is 2.10. The maximum absolute atomic E-state index is 9.98. The maximum atomic E-state index is 9.98. The van der Waals surface area contributed by atoms with Crippen molar-refractivity contribution in [2.24, 2.45) is 0 Å². The van der Waals surface area contributed by atoms with E-state index in [4.69, 9.17) is 0 Å². The van der Waals surface area contributed by atoms with Crippen molar-refractivity contribution in [3.8, 4) is 0 Å². The summed E-state index contributed by atoms with van der Waals surface area (Å²) in [6.07, 6.45) is 3.17. The molecule has 0 spiro atoms. The summed E-state index contributed by atoms with van der Waals surface area (Å²) in [5, 5.41) is 0. The van der Waals surface area contributed by atoms with E-state index in [-0.39, 0.29) is 103 Å². The fraction of sp³-hybridized carbons (Fsp3) is 0.400. The minimum Gasteiger partial charge on any atom is -0.334 e. The van der Waals surface area contributed by atoms with Gasteiger partial charge in [-0.05, 0) is 41.5 Å². The molecule has 23 heavy (non-hydrogen) atoms. The minimum atomic E-state index is -0.187. The fourth-order valence-corrected chi connectivity index (χ4v) is 0.859. The molecule has 0 saturated carbocycles. The molecule has 0 aromatic carbocycles. The van der Waals surface area contributed by atoms with E-state index in [1.165, 1.54) is 41.5 Å². The second-order valence-electron chi connectivity index (χ2n) is 4.10. The summed E-state index contributed by atoms with van der Waals surface area (Å²) in [6, 6.07) is 0. The van der Waals surface area contributed by atoms with Gasteiger partial charge in [0, 0.05) is 34.7 Å². The Bertz CT molecular complexity index is 320. The molecule has 0 aliphatic rings. The van der Waals surface area contributed by atoms with Crippen LogP contribution in [-0.2, 0) is 45.8 Å². The third-order valence-electron chi connectivity index (χ3n) is 1.22. The van der Waals surface area contributed by atoms with Gasteiger partial charge in [0.2, 0.25) is 0 Å². The van der Waals surface area contributed by atoms with Crippen LogP contribution in [0.1, 0.15) is 41.5 Å². The van der Waals surface area contributed by atoms with Crippen molar-refractivity contribution in [2.45, 2.75) is 41.5 Å². The van der Waals surface area contributed by atoms with E-state index in [0.29, 0.717) is 0 Å². The van der Waals surface area contributed by atoms with Crippen LogP contribution in [0.3, 0.4) is 0 Å². The fourth-order valence-electron chi connectivity index (χ4n) is 0.859. The number of Topliss-reactive ketones (excluding diaryl/α,β-unsaturated/α-hetero) is 6. The first-order valence-corrected chi connectivity index (χ1v) is 5.96. The Morgan fingerprint density at radius 1 is 0.435 bits per heavy atom. The Hall–Kier alpha value is -0.214. The van der Waals surface area contributed by atoms with Gasteiger partial charge in [0.25, 0.3) is 0 Å². The second-order valence-corrected chi connectivity index (χ2v) is 4.10. The van der Waals surface area contributed by atoms with E-state index < -0.39 is 0 Å². The number of hydrogen-bond donors (Lipinski definition) is 0. The molecule has 8 heteroatoms. The van der Waals surface area contributed by atoms with Crippen molar-refractivity contribution < 1.29 is 97.2 Å². The molecule has 0 saturated heterocycles. The Morgan fingerprint density at radius 2 is 0.522 bits per heavy atom. The molecule has 0 bridgehead atoms. The molecule has 0 aromatic rings. The van der Waals surface area contributed by atoms with Crippen molar-refractivity contribution >= 4 is 34.7 Å². The van der Waals surface area contributed by atoms with E-state index in [2.05, 4.69) is 0 Å². The number of hydrogen-bond acceptors (Lipinski definition) is 6. The summed E-state index contributed by atoms with van der Waals surface area (Å²) < 4.78 is 0. The van der Waals surface area contributed by atoms with E-state index in [9.17, 15) is 28.8 Å². The van der Waals surface area contributed by atoms with Crippen LogP contribution in [0.15, 0.2) is 0 Å². The SMILES string of the molecule is CC(=O)[CH-]C(C)=O.CC(=O)[CH-]C(C)=O.CC(=O)[CH-]C(C)=O.[K+].[Mn+2]. The molecule has 0 unspecified atom stereocenters. The van der Waals surface area contributed by atoms with Gasteiger partial charge in [-0.15, -0.1) is 0 Å². The van der Waals surface area contributed by atoms with Crippen LogP contribution in [0.25, 0.3) is 0 Å². The zero-order chi connectivity index (χ0) is 17.6. The molecule has 0 N–H and O–H groups in total. The molecule has 0 amide bonds. The predicted molar refractivity (Wildman–Crippen MR) is 77.0 cm³/mol. The molecule has 6 nitrogen and oxygen atoms in total. The number of carbonyl (C=O) groups is 6. The van der Waals surface area contributed by atoms with Gasteiger partial charge in [-0.1, -0.05) is 0 Å². The van der Waals surface area contributed by atoms with Crippen LogP contribution >= 0.6 is 0 Å². The monoisotopic (exact) mass is 391 g/mol. The maximum Gasteiger partial charge on any atom is 2.00 e. The smallest absolute Gasteiger partial charge is 0.334 e. The van der Waals surface area contributed by atoms with E-state index in [1.54, 1.807) is 0 Å². The summed E-state index contributed by atoms with van der Waals surface area (Å²) in [5.74, 6) is -1.12. The quantitative estimate of drug-likeness (QED) is 0.298. The predicted octanol–water partition coefficient (Wildman–Crippen LogP) is -1.89. The molecule has 0 atom stereocenters. The molecule has 0 rings (SSSR count). The molecule has 0 heterocycles. The van der Waals surface area contributed by atoms with E-state index in [0.717, 1.165) is 19.3 Å². The van der Waals surface area contributed by atoms with Gasteiger partial charge in [-0.25, -0.2) is 0 Å². The number of rotatable bonds is 6. The van der Waals surface area contributed by atoms with Crippen molar-refractivity contribution in [1.82, 2.24) is 0 Å². The number of ketones is 6. The van der Waals surface area contributed by atoms with Gasteiger partial charge < -0.3 is 28.8 Å². The first kappa shape index (κ1) is 34.2. The van der Waals surface area contributed by atoms with Crippen LogP contribution in [0.4, 0.5) is 0 Å². The van der Waals surface area contributed by atoms with Crippen LogP contribution < -0.4 is 51.4 Å². The van der Waals surface area contributed by atoms with Crippen molar-refractivity contribution in [2.75, 3.05) is 0 Å². The molecular formula is C15H21KMnO6. The van der Waals surface area contributed by atoms with Gasteiger partial charge >= 0.3 is 68.5 Å². The average molecular weight is 391 g/mol. The molecule has 0 aliphatic carbocycles. The van der Waals surface area contributed by atoms with Crippen LogP contribution in [0.2, 0.25) is 0 Å². The zero-order valence-electron chi connectivity index (χ0n) is 14.6. The van der Waals surface area contributed by atoms with Crippen LogP contribution in [0, 0.1) is 19.3 Å². The zero-order valence-corrected chi connectivity index (χ0v) is 18.9. The summed E-state index contributed by atoms with van der Waals surface area (Å²) in [7, 11) is 0. The van der Waals surface area contributed by atoms with E-state index in [1.807, 2.05) is 0 Å². The van der Waals surface area contributed by atoms with Gasteiger partial charge in [-0.3, -0.25) is 19.3 Å². The van der Waals surface area contributed by atoms with Gasteiger partial charge in [-0.2, -0.15) is 0 Å². The molecule has 0 fully saturated rings. The minimum absolute atomic E-state index is 0. The van der Waals surface area contributed by atoms with Gasteiger partial charge in [0.15, 0.2) is 0 Å². The standard InChI is InChI=1S/3C5H7O2.K.Mn/c3*1-4(6)3-5(2)7;;/h3*3H,1-2H3;;/q3*-1;+1;+2. The van der Waals surface area contributed by atoms with Gasteiger partial charge in [0.1, 0.15) is 0 Å². The second kappa shape index (κ2) is 21.8. The van der Waals surface area contributed by atoms with Crippen LogP contribution in [-0.4, -0.2) is 34.7 Å². The summed E-state index contributed by atoms with van der Waals surface area (Å²) in [4.78, 5) is 59.9. The third-order valence-corrected chi connectivity index (χ3v) is 1.22. The first-order chi connectivity index (χ1) is 9.38. The van der Waals surface area contributed by atoms with Gasteiger partial charge in [0.05, 0.1) is 0 Å². The summed E-state index contributed by atoms with van der Waals surface area (Å²) >= 11 is 0. The topological polar surface area (TPSA) is 102 Å². The molecule has 0 aromatic heterocycles. The Kier molecular flexibility index (Phi) is 32.4. The Labute approximate surface area is 190 Å². The van der Waals surface area contributed by atoms with Crippen molar-refractivity contribution in [3.63, 3.8) is 0 Å². The Balaban J connectivity index is -0.0000000675. The van der Waals surface area contributed by atoms with Crippen molar-refractivity contribution in [3.05, 3.63) is 19.3 Å². The third kappa shape index (κ3) is 61.4. The van der Waals surface area contributed by atoms with E-state index >= 15 is 0 Å². The summed E-state index contributed by atoms with van der Waals surface area (Å²) in [5.41, 5.74) is 0. The Morgan fingerprint density at radius 3 is 0.522 bits per heavy atom. The molecule has 0 aliphatic heterocycles. The summed E-state index contributed by atoms with van der Waals surface area (Å²) in [6.45, 7) is 8.09. The first-order valence-electron chi connectivity index (χ1n) is 5.96. The molecular weight excluding hydrogens is 370 g/mol. The largest absolute Gasteiger partial charge is 2.00 e. The number of carbonyl (C=O) groups excluding carboxylic acids is 6. The van der Waals surface area contributed by atoms with Crippen LogP contribution in [0.5, 0.6) is 0 Å². The van der Waals surface area contributed by atoms with Crippen molar-refractivity contribution in [1.29, 1.82) is 0 Å². The normalized spacial score (nSPS) is 7.04.